The van der Waals surface area contributed by atoms with Crippen molar-refractivity contribution in [2.24, 2.45) is 0 Å². The second kappa shape index (κ2) is 7.22. The molecule has 0 atom stereocenters. The summed E-state index contributed by atoms with van der Waals surface area (Å²) in [6.45, 7) is 4.10. The summed E-state index contributed by atoms with van der Waals surface area (Å²) in [6, 6.07) is 11.4. The molecule has 2 aromatic heterocycles. The van der Waals surface area contributed by atoms with E-state index < -0.39 is 11.7 Å². The van der Waals surface area contributed by atoms with Crippen molar-refractivity contribution in [3.8, 4) is 22.5 Å². The quantitative estimate of drug-likeness (QED) is 0.363. The highest BCUT2D eigenvalue weighted by Gasteiger charge is 2.30. The number of halogens is 3. The van der Waals surface area contributed by atoms with Crippen LogP contribution in [0.3, 0.4) is 0 Å². The number of thioether (sulfide) groups is 1. The van der Waals surface area contributed by atoms with Gasteiger partial charge in [0.1, 0.15) is 5.03 Å². The molecule has 2 heterocycles. The van der Waals surface area contributed by atoms with E-state index in [0.29, 0.717) is 21.9 Å². The maximum absolute atomic E-state index is 13.1. The van der Waals surface area contributed by atoms with Gasteiger partial charge < -0.3 is 0 Å². The Hall–Kier alpha value is -2.80. The lowest BCUT2D eigenvalue weighted by Gasteiger charge is -2.11. The lowest BCUT2D eigenvalue weighted by Crippen LogP contribution is -2.05. The van der Waals surface area contributed by atoms with Crippen LogP contribution in [0.5, 0.6) is 0 Å². The van der Waals surface area contributed by atoms with Crippen molar-refractivity contribution in [1.29, 1.82) is 0 Å². The molecular formula is C22H18F3N3S. The topological polar surface area (TPSA) is 30.2 Å². The molecule has 0 N–H and O–H groups in total. The van der Waals surface area contributed by atoms with Crippen LogP contribution >= 0.6 is 11.8 Å². The van der Waals surface area contributed by atoms with Gasteiger partial charge in [0.05, 0.1) is 23.1 Å². The number of hydrogen-bond donors (Lipinski definition) is 0. The van der Waals surface area contributed by atoms with Crippen LogP contribution < -0.4 is 0 Å². The van der Waals surface area contributed by atoms with Crippen molar-refractivity contribution in [3.63, 3.8) is 0 Å². The fourth-order valence-electron chi connectivity index (χ4n) is 3.21. The zero-order valence-electron chi connectivity index (χ0n) is 16.1. The van der Waals surface area contributed by atoms with E-state index in [1.54, 1.807) is 18.5 Å². The average molecular weight is 413 g/mol. The molecule has 0 amide bonds. The molecule has 0 unspecified atom stereocenters. The summed E-state index contributed by atoms with van der Waals surface area (Å²) in [5.74, 6) is 0. The molecule has 0 aliphatic rings. The van der Waals surface area contributed by atoms with Crippen LogP contribution in [0.25, 0.3) is 28.2 Å². The smallest absolute Gasteiger partial charge is 0.295 e. The third-order valence-corrected chi connectivity index (χ3v) is 5.60. The molecule has 148 valence electrons. The number of fused-ring (bicyclic) bond motifs is 1. The molecule has 0 radical (unpaired) electrons. The number of aromatic nitrogens is 3. The molecule has 2 aromatic carbocycles. The first-order valence-electron chi connectivity index (χ1n) is 8.95. The Labute approximate surface area is 170 Å². The summed E-state index contributed by atoms with van der Waals surface area (Å²) in [5.41, 5.74) is 5.09. The van der Waals surface area contributed by atoms with Gasteiger partial charge in [0.25, 0.3) is 0 Å². The van der Waals surface area contributed by atoms with Crippen LogP contribution in [-0.4, -0.2) is 20.6 Å². The van der Waals surface area contributed by atoms with Gasteiger partial charge in [-0.05, 0) is 49.4 Å². The summed E-state index contributed by atoms with van der Waals surface area (Å²) >= 11 is 1.41. The molecular weight excluding hydrogens is 395 g/mol. The van der Waals surface area contributed by atoms with Crippen LogP contribution in [0, 0.1) is 13.8 Å². The first-order chi connectivity index (χ1) is 13.8. The number of imidazole rings is 1. The highest BCUT2D eigenvalue weighted by atomic mass is 32.2. The summed E-state index contributed by atoms with van der Waals surface area (Å²) in [6.07, 6.45) is 1.00. The molecule has 29 heavy (non-hydrogen) atoms. The Morgan fingerprint density at radius 2 is 1.76 bits per heavy atom. The fourth-order valence-corrected chi connectivity index (χ4v) is 3.73. The van der Waals surface area contributed by atoms with Crippen molar-refractivity contribution in [2.75, 3.05) is 6.26 Å². The lowest BCUT2D eigenvalue weighted by atomic mass is 10.0. The van der Waals surface area contributed by atoms with Crippen molar-refractivity contribution in [1.82, 2.24) is 14.4 Å². The summed E-state index contributed by atoms with van der Waals surface area (Å²) in [4.78, 5) is 9.07. The molecule has 0 saturated carbocycles. The van der Waals surface area contributed by atoms with Gasteiger partial charge in [-0.1, -0.05) is 24.3 Å². The maximum atomic E-state index is 13.1. The summed E-state index contributed by atoms with van der Waals surface area (Å²) < 4.78 is 41.3. The summed E-state index contributed by atoms with van der Waals surface area (Å²) in [5, 5.41) is 0.662. The monoisotopic (exact) mass is 413 g/mol. The standard InChI is InChI=1S/C22H18F3N3S/c1-13-7-8-16(9-14(13)2)19-11-26-20-21(29-3)27-18(12-28(19)20)15-5-4-6-17(10-15)22(23,24)25/h4-12H,1-3H3. The minimum Gasteiger partial charge on any atom is -0.295 e. The van der Waals surface area contributed by atoms with Gasteiger partial charge in [-0.2, -0.15) is 13.2 Å². The van der Waals surface area contributed by atoms with Crippen LogP contribution in [-0.2, 0) is 6.18 Å². The highest BCUT2D eigenvalue weighted by molar-refractivity contribution is 7.98. The number of aryl methyl sites for hydroxylation is 2. The molecule has 4 aromatic rings. The second-order valence-corrected chi connectivity index (χ2v) is 7.65. The van der Waals surface area contributed by atoms with Gasteiger partial charge >= 0.3 is 6.18 Å². The van der Waals surface area contributed by atoms with E-state index >= 15 is 0 Å². The van der Waals surface area contributed by atoms with Gasteiger partial charge in [-0.25, -0.2) is 9.97 Å². The second-order valence-electron chi connectivity index (χ2n) is 6.85. The third kappa shape index (κ3) is 3.62. The van der Waals surface area contributed by atoms with E-state index in [0.717, 1.165) is 29.0 Å². The fraction of sp³-hybridized carbons (Fsp3) is 0.182. The van der Waals surface area contributed by atoms with Crippen LogP contribution in [0.1, 0.15) is 16.7 Å². The van der Waals surface area contributed by atoms with E-state index in [4.69, 9.17) is 0 Å². The molecule has 0 bridgehead atoms. The molecule has 7 heteroatoms. The van der Waals surface area contributed by atoms with Crippen molar-refractivity contribution in [3.05, 3.63) is 71.5 Å². The molecule has 0 aliphatic carbocycles. The molecule has 0 saturated heterocycles. The number of benzene rings is 2. The van der Waals surface area contributed by atoms with Gasteiger partial charge in [-0.3, -0.25) is 4.40 Å². The Morgan fingerprint density at radius 3 is 2.45 bits per heavy atom. The lowest BCUT2D eigenvalue weighted by molar-refractivity contribution is -0.137. The normalized spacial score (nSPS) is 11.9. The Kier molecular flexibility index (Phi) is 4.86. The predicted octanol–water partition coefficient (Wildman–Crippen LogP) is 6.42. The number of rotatable bonds is 3. The molecule has 3 nitrogen and oxygen atoms in total. The largest absolute Gasteiger partial charge is 0.416 e. The summed E-state index contributed by atoms with van der Waals surface area (Å²) in [7, 11) is 0. The SMILES string of the molecule is CSc1nc(-c2cccc(C(F)(F)F)c2)cn2c(-c3ccc(C)c(C)c3)cnc12. The average Bonchev–Trinajstić information content (AvgIpc) is 3.13. The minimum atomic E-state index is -4.40. The third-order valence-electron chi connectivity index (χ3n) is 4.94. The van der Waals surface area contributed by atoms with E-state index in [-0.39, 0.29) is 0 Å². The van der Waals surface area contributed by atoms with Crippen LogP contribution in [0.15, 0.2) is 59.9 Å². The van der Waals surface area contributed by atoms with Crippen LogP contribution in [0.4, 0.5) is 13.2 Å². The van der Waals surface area contributed by atoms with Gasteiger partial charge in [0.15, 0.2) is 5.65 Å². The van der Waals surface area contributed by atoms with Crippen molar-refractivity contribution in [2.45, 2.75) is 25.0 Å². The number of alkyl halides is 3. The molecule has 0 aliphatic heterocycles. The van der Waals surface area contributed by atoms with E-state index in [2.05, 4.69) is 29.0 Å². The van der Waals surface area contributed by atoms with E-state index in [1.165, 1.54) is 23.4 Å². The number of hydrogen-bond acceptors (Lipinski definition) is 3. The maximum Gasteiger partial charge on any atom is 0.416 e. The molecule has 0 fully saturated rings. The first kappa shape index (κ1) is 19.5. The van der Waals surface area contributed by atoms with Gasteiger partial charge in [0, 0.05) is 17.3 Å². The number of nitrogens with zero attached hydrogens (tertiary/aromatic N) is 3. The Balaban J connectivity index is 1.92. The zero-order chi connectivity index (χ0) is 20.8. The molecule has 4 rings (SSSR count). The van der Waals surface area contributed by atoms with E-state index in [9.17, 15) is 13.2 Å². The predicted molar refractivity (Wildman–Crippen MR) is 110 cm³/mol. The highest BCUT2D eigenvalue weighted by Crippen LogP contribution is 2.33. The van der Waals surface area contributed by atoms with Gasteiger partial charge in [-0.15, -0.1) is 11.8 Å². The molecule has 0 spiro atoms. The Bertz CT molecular complexity index is 1210. The van der Waals surface area contributed by atoms with Gasteiger partial charge in [0.2, 0.25) is 0 Å². The minimum absolute atomic E-state index is 0.414. The zero-order valence-corrected chi connectivity index (χ0v) is 16.9. The first-order valence-corrected chi connectivity index (χ1v) is 10.2. The van der Waals surface area contributed by atoms with Crippen molar-refractivity contribution >= 4 is 17.4 Å². The van der Waals surface area contributed by atoms with E-state index in [1.807, 2.05) is 23.6 Å². The Morgan fingerprint density at radius 1 is 0.966 bits per heavy atom. The van der Waals surface area contributed by atoms with Crippen LogP contribution in [0.2, 0.25) is 0 Å². The van der Waals surface area contributed by atoms with Crippen molar-refractivity contribution < 1.29 is 13.2 Å².